The molecule has 3 nitrogen and oxygen atoms in total. The molecule has 0 saturated heterocycles. The molecule has 1 atom stereocenters. The molecular formula is C17H17NO2. The van der Waals surface area contributed by atoms with Gasteiger partial charge in [-0.15, -0.1) is 0 Å². The van der Waals surface area contributed by atoms with Gasteiger partial charge in [0.1, 0.15) is 5.75 Å². The van der Waals surface area contributed by atoms with E-state index in [2.05, 4.69) is 5.32 Å². The van der Waals surface area contributed by atoms with Crippen LogP contribution in [-0.4, -0.2) is 12.0 Å². The highest BCUT2D eigenvalue weighted by Crippen LogP contribution is 2.29. The first-order valence-electron chi connectivity index (χ1n) is 6.77. The van der Waals surface area contributed by atoms with Crippen molar-refractivity contribution < 1.29 is 9.53 Å². The third-order valence-corrected chi connectivity index (χ3v) is 3.80. The lowest BCUT2D eigenvalue weighted by molar-refractivity contribution is -0.122. The van der Waals surface area contributed by atoms with Gasteiger partial charge in [0.15, 0.2) is 6.10 Å². The first-order valence-corrected chi connectivity index (χ1v) is 6.77. The molecule has 0 saturated carbocycles. The summed E-state index contributed by atoms with van der Waals surface area (Å²) in [7, 11) is 0. The van der Waals surface area contributed by atoms with Gasteiger partial charge in [0, 0.05) is 12.1 Å². The van der Waals surface area contributed by atoms with Crippen molar-refractivity contribution in [2.45, 2.75) is 26.4 Å². The average Bonchev–Trinajstić information content (AvgIpc) is 2.88. The molecule has 2 aromatic rings. The summed E-state index contributed by atoms with van der Waals surface area (Å²) >= 11 is 0. The Hall–Kier alpha value is -2.29. The Balaban J connectivity index is 1.74. The van der Waals surface area contributed by atoms with Crippen LogP contribution in [0.4, 0.5) is 5.69 Å². The molecule has 1 heterocycles. The predicted octanol–water partition coefficient (Wildman–Crippen LogP) is 3.25. The first kappa shape index (κ1) is 12.7. The molecule has 0 radical (unpaired) electrons. The number of anilines is 1. The van der Waals surface area contributed by atoms with Crippen molar-refractivity contribution in [2.24, 2.45) is 0 Å². The number of nitrogens with one attached hydrogen (secondary N) is 1. The summed E-state index contributed by atoms with van der Waals surface area (Å²) in [5.74, 6) is 0.725. The molecule has 3 rings (SSSR count). The van der Waals surface area contributed by atoms with Crippen LogP contribution in [0.3, 0.4) is 0 Å². The Labute approximate surface area is 118 Å². The van der Waals surface area contributed by atoms with Crippen LogP contribution >= 0.6 is 0 Å². The summed E-state index contributed by atoms with van der Waals surface area (Å²) in [6.45, 7) is 4.04. The highest BCUT2D eigenvalue weighted by Gasteiger charge is 2.28. The molecule has 0 aromatic heterocycles. The zero-order valence-corrected chi connectivity index (χ0v) is 11.6. The van der Waals surface area contributed by atoms with Crippen molar-refractivity contribution in [3.63, 3.8) is 0 Å². The SMILES string of the molecule is Cc1cccc(NC(=O)[C@@H]2Cc3ccccc3O2)c1C. The number of carbonyl (C=O) groups is 1. The molecule has 1 amide bonds. The van der Waals surface area contributed by atoms with Crippen molar-refractivity contribution >= 4 is 11.6 Å². The van der Waals surface area contributed by atoms with Crippen molar-refractivity contribution in [3.8, 4) is 5.75 Å². The maximum absolute atomic E-state index is 12.3. The summed E-state index contributed by atoms with van der Waals surface area (Å²) in [5, 5.41) is 2.96. The minimum Gasteiger partial charge on any atom is -0.480 e. The maximum atomic E-state index is 12.3. The molecule has 1 aliphatic heterocycles. The van der Waals surface area contributed by atoms with Crippen molar-refractivity contribution in [1.29, 1.82) is 0 Å². The van der Waals surface area contributed by atoms with E-state index < -0.39 is 6.10 Å². The van der Waals surface area contributed by atoms with Crippen LogP contribution in [0.15, 0.2) is 42.5 Å². The lowest BCUT2D eigenvalue weighted by Gasteiger charge is -2.14. The summed E-state index contributed by atoms with van der Waals surface area (Å²) in [4.78, 5) is 12.3. The van der Waals surface area contributed by atoms with Crippen LogP contribution in [0.25, 0.3) is 0 Å². The van der Waals surface area contributed by atoms with Crippen molar-refractivity contribution in [3.05, 3.63) is 59.2 Å². The largest absolute Gasteiger partial charge is 0.480 e. The van der Waals surface area contributed by atoms with E-state index in [1.165, 1.54) is 5.56 Å². The zero-order valence-electron chi connectivity index (χ0n) is 11.6. The van der Waals surface area contributed by atoms with E-state index in [1.54, 1.807) is 0 Å². The molecule has 20 heavy (non-hydrogen) atoms. The topological polar surface area (TPSA) is 38.3 Å². The quantitative estimate of drug-likeness (QED) is 0.907. The number of aryl methyl sites for hydroxylation is 1. The van der Waals surface area contributed by atoms with Gasteiger partial charge in [-0.1, -0.05) is 30.3 Å². The van der Waals surface area contributed by atoms with Crippen LogP contribution in [0.2, 0.25) is 0 Å². The summed E-state index contributed by atoms with van der Waals surface area (Å²) in [6, 6.07) is 13.7. The lowest BCUT2D eigenvalue weighted by atomic mass is 10.1. The third-order valence-electron chi connectivity index (χ3n) is 3.80. The van der Waals surface area contributed by atoms with Gasteiger partial charge >= 0.3 is 0 Å². The van der Waals surface area contributed by atoms with Gasteiger partial charge in [0.2, 0.25) is 0 Å². The number of para-hydroxylation sites is 1. The predicted molar refractivity (Wildman–Crippen MR) is 79.1 cm³/mol. The Morgan fingerprint density at radius 2 is 1.95 bits per heavy atom. The van der Waals surface area contributed by atoms with E-state index in [9.17, 15) is 4.79 Å². The standard InChI is InChI=1S/C17H17NO2/c1-11-6-5-8-14(12(11)2)18-17(19)16-10-13-7-3-4-9-15(13)20-16/h3-9,16H,10H2,1-2H3,(H,18,19)/t16-/m0/s1. The number of hydrogen-bond acceptors (Lipinski definition) is 2. The van der Waals surface area contributed by atoms with Crippen molar-refractivity contribution in [1.82, 2.24) is 0 Å². The van der Waals surface area contributed by atoms with Crippen LogP contribution < -0.4 is 10.1 Å². The molecule has 0 aliphatic carbocycles. The van der Waals surface area contributed by atoms with Gasteiger partial charge < -0.3 is 10.1 Å². The van der Waals surface area contributed by atoms with Crippen LogP contribution in [0, 0.1) is 13.8 Å². The molecular weight excluding hydrogens is 250 g/mol. The third kappa shape index (κ3) is 2.27. The molecule has 0 unspecified atom stereocenters. The molecule has 0 bridgehead atoms. The number of carbonyl (C=O) groups excluding carboxylic acids is 1. The van der Waals surface area contributed by atoms with Gasteiger partial charge in [-0.3, -0.25) is 4.79 Å². The minimum absolute atomic E-state index is 0.0881. The Morgan fingerprint density at radius 1 is 1.15 bits per heavy atom. The van der Waals surface area contributed by atoms with E-state index in [0.717, 1.165) is 22.6 Å². The fourth-order valence-electron chi connectivity index (χ4n) is 2.43. The fraction of sp³-hybridized carbons (Fsp3) is 0.235. The van der Waals surface area contributed by atoms with Crippen LogP contribution in [-0.2, 0) is 11.2 Å². The second-order valence-electron chi connectivity index (χ2n) is 5.16. The van der Waals surface area contributed by atoms with E-state index >= 15 is 0 Å². The first-order chi connectivity index (χ1) is 9.65. The smallest absolute Gasteiger partial charge is 0.265 e. The molecule has 3 heteroatoms. The van der Waals surface area contributed by atoms with Crippen molar-refractivity contribution in [2.75, 3.05) is 5.32 Å². The molecule has 102 valence electrons. The number of ether oxygens (including phenoxy) is 1. The molecule has 2 aromatic carbocycles. The van der Waals surface area contributed by atoms with Crippen LogP contribution in [0.1, 0.15) is 16.7 Å². The number of amides is 1. The van der Waals surface area contributed by atoms with Gasteiger partial charge in [-0.25, -0.2) is 0 Å². The molecule has 0 spiro atoms. The van der Waals surface area contributed by atoms with E-state index in [0.29, 0.717) is 6.42 Å². The highest BCUT2D eigenvalue weighted by atomic mass is 16.5. The molecule has 1 aliphatic rings. The van der Waals surface area contributed by atoms with E-state index in [-0.39, 0.29) is 5.91 Å². The van der Waals surface area contributed by atoms with Crippen LogP contribution in [0.5, 0.6) is 5.75 Å². The number of hydrogen-bond donors (Lipinski definition) is 1. The van der Waals surface area contributed by atoms with Gasteiger partial charge in [0.25, 0.3) is 5.91 Å². The second kappa shape index (κ2) is 5.00. The normalized spacial score (nSPS) is 16.4. The second-order valence-corrected chi connectivity index (χ2v) is 5.16. The summed E-state index contributed by atoms with van der Waals surface area (Å²) in [5.41, 5.74) is 4.21. The summed E-state index contributed by atoms with van der Waals surface area (Å²) in [6.07, 6.45) is 0.194. The monoisotopic (exact) mass is 267 g/mol. The Morgan fingerprint density at radius 3 is 2.75 bits per heavy atom. The Bertz CT molecular complexity index is 639. The average molecular weight is 267 g/mol. The van der Waals surface area contributed by atoms with E-state index in [1.807, 2.05) is 56.3 Å². The zero-order chi connectivity index (χ0) is 14.1. The fourth-order valence-corrected chi connectivity index (χ4v) is 2.43. The summed E-state index contributed by atoms with van der Waals surface area (Å²) < 4.78 is 5.70. The number of benzene rings is 2. The van der Waals surface area contributed by atoms with Gasteiger partial charge in [-0.2, -0.15) is 0 Å². The molecule has 0 fully saturated rings. The number of fused-ring (bicyclic) bond motifs is 1. The van der Waals surface area contributed by atoms with Gasteiger partial charge in [0.05, 0.1) is 0 Å². The minimum atomic E-state index is -0.438. The highest BCUT2D eigenvalue weighted by molar-refractivity contribution is 5.95. The number of rotatable bonds is 2. The lowest BCUT2D eigenvalue weighted by Crippen LogP contribution is -2.31. The maximum Gasteiger partial charge on any atom is 0.265 e. The van der Waals surface area contributed by atoms with E-state index in [4.69, 9.17) is 4.74 Å². The van der Waals surface area contributed by atoms with Gasteiger partial charge in [-0.05, 0) is 42.7 Å². The Kier molecular flexibility index (Phi) is 3.18. The molecule has 1 N–H and O–H groups in total.